The SMILES string of the molecule is CC(CC(=O)Nc1ccc2ncoc2c1)C(=O)O. The summed E-state index contributed by atoms with van der Waals surface area (Å²) in [4.78, 5) is 26.2. The number of hydrogen-bond donors (Lipinski definition) is 2. The van der Waals surface area contributed by atoms with Crippen molar-refractivity contribution in [3.05, 3.63) is 24.6 Å². The highest BCUT2D eigenvalue weighted by Gasteiger charge is 2.15. The number of nitrogens with zero attached hydrogens (tertiary/aromatic N) is 1. The van der Waals surface area contributed by atoms with Crippen LogP contribution in [0.1, 0.15) is 13.3 Å². The van der Waals surface area contributed by atoms with Gasteiger partial charge in [-0.2, -0.15) is 0 Å². The van der Waals surface area contributed by atoms with Gasteiger partial charge in [0.25, 0.3) is 0 Å². The largest absolute Gasteiger partial charge is 0.481 e. The second-order valence-electron chi connectivity index (χ2n) is 4.03. The molecule has 1 atom stereocenters. The third kappa shape index (κ3) is 2.65. The lowest BCUT2D eigenvalue weighted by Gasteiger charge is -2.07. The molecule has 1 amide bonds. The number of carboxylic acids is 1. The third-order valence-corrected chi connectivity index (χ3v) is 2.53. The average Bonchev–Trinajstić information content (AvgIpc) is 2.75. The second kappa shape index (κ2) is 4.87. The number of carboxylic acid groups (broad SMARTS) is 1. The van der Waals surface area contributed by atoms with E-state index in [0.717, 1.165) is 0 Å². The summed E-state index contributed by atoms with van der Waals surface area (Å²) in [6.07, 6.45) is 1.26. The molecule has 6 heteroatoms. The first-order chi connectivity index (χ1) is 8.56. The lowest BCUT2D eigenvalue weighted by molar-refractivity contribution is -0.142. The molecule has 6 nitrogen and oxygen atoms in total. The molecule has 18 heavy (non-hydrogen) atoms. The molecular formula is C12H12N2O4. The van der Waals surface area contributed by atoms with Gasteiger partial charge in [-0.3, -0.25) is 9.59 Å². The first-order valence-electron chi connectivity index (χ1n) is 5.42. The quantitative estimate of drug-likeness (QED) is 0.861. The van der Waals surface area contributed by atoms with Crippen LogP contribution in [-0.4, -0.2) is 22.0 Å². The number of aliphatic carboxylic acids is 1. The predicted molar refractivity (Wildman–Crippen MR) is 64.1 cm³/mol. The number of rotatable bonds is 4. The highest BCUT2D eigenvalue weighted by atomic mass is 16.4. The topological polar surface area (TPSA) is 92.4 Å². The number of benzene rings is 1. The Morgan fingerprint density at radius 1 is 1.50 bits per heavy atom. The predicted octanol–water partition coefficient (Wildman–Crippen LogP) is 1.88. The molecule has 0 radical (unpaired) electrons. The Kier molecular flexibility index (Phi) is 3.27. The Bertz CT molecular complexity index is 591. The van der Waals surface area contributed by atoms with Crippen molar-refractivity contribution in [1.29, 1.82) is 0 Å². The molecule has 2 N–H and O–H groups in total. The average molecular weight is 248 g/mol. The summed E-state index contributed by atoms with van der Waals surface area (Å²) in [5, 5.41) is 11.3. The fourth-order valence-electron chi connectivity index (χ4n) is 1.51. The number of nitrogens with one attached hydrogen (secondary N) is 1. The fourth-order valence-corrected chi connectivity index (χ4v) is 1.51. The highest BCUT2D eigenvalue weighted by Crippen LogP contribution is 2.18. The van der Waals surface area contributed by atoms with E-state index in [9.17, 15) is 9.59 Å². The Morgan fingerprint density at radius 3 is 3.00 bits per heavy atom. The van der Waals surface area contributed by atoms with Gasteiger partial charge in [-0.15, -0.1) is 0 Å². The molecule has 0 saturated heterocycles. The summed E-state index contributed by atoms with van der Waals surface area (Å²) in [5.41, 5.74) is 1.83. The van der Waals surface area contributed by atoms with Crippen LogP contribution in [0.4, 0.5) is 5.69 Å². The van der Waals surface area contributed by atoms with E-state index in [2.05, 4.69) is 10.3 Å². The van der Waals surface area contributed by atoms with Crippen molar-refractivity contribution in [2.24, 2.45) is 5.92 Å². The summed E-state index contributed by atoms with van der Waals surface area (Å²) in [5.74, 6) is -2.04. The van der Waals surface area contributed by atoms with Gasteiger partial charge >= 0.3 is 5.97 Å². The first kappa shape index (κ1) is 12.1. The number of carbonyl (C=O) groups is 2. The monoisotopic (exact) mass is 248 g/mol. The molecule has 1 unspecified atom stereocenters. The summed E-state index contributed by atoms with van der Waals surface area (Å²) < 4.78 is 5.10. The molecule has 0 bridgehead atoms. The van der Waals surface area contributed by atoms with E-state index < -0.39 is 11.9 Å². The third-order valence-electron chi connectivity index (χ3n) is 2.53. The zero-order chi connectivity index (χ0) is 13.1. The summed E-state index contributed by atoms with van der Waals surface area (Å²) in [6.45, 7) is 1.49. The summed E-state index contributed by atoms with van der Waals surface area (Å²) in [7, 11) is 0. The number of hydrogen-bond acceptors (Lipinski definition) is 4. The van der Waals surface area contributed by atoms with Gasteiger partial charge in [-0.25, -0.2) is 4.98 Å². The van der Waals surface area contributed by atoms with E-state index in [-0.39, 0.29) is 12.3 Å². The minimum atomic E-state index is -0.990. The lowest BCUT2D eigenvalue weighted by atomic mass is 10.1. The van der Waals surface area contributed by atoms with Crippen LogP contribution in [0.5, 0.6) is 0 Å². The van der Waals surface area contributed by atoms with Crippen molar-refractivity contribution in [3.63, 3.8) is 0 Å². The van der Waals surface area contributed by atoms with E-state index >= 15 is 0 Å². The van der Waals surface area contributed by atoms with Crippen LogP contribution in [-0.2, 0) is 9.59 Å². The number of fused-ring (bicyclic) bond motifs is 1. The van der Waals surface area contributed by atoms with Gasteiger partial charge in [-0.1, -0.05) is 6.92 Å². The maximum atomic E-state index is 11.6. The van der Waals surface area contributed by atoms with Crippen LogP contribution in [0.3, 0.4) is 0 Å². The van der Waals surface area contributed by atoms with Gasteiger partial charge in [0.2, 0.25) is 5.91 Å². The van der Waals surface area contributed by atoms with E-state index in [1.165, 1.54) is 13.3 Å². The van der Waals surface area contributed by atoms with Crippen molar-refractivity contribution < 1.29 is 19.1 Å². The van der Waals surface area contributed by atoms with Crippen LogP contribution in [0.15, 0.2) is 29.0 Å². The molecular weight excluding hydrogens is 236 g/mol. The van der Waals surface area contributed by atoms with Crippen LogP contribution in [0.2, 0.25) is 0 Å². The first-order valence-corrected chi connectivity index (χ1v) is 5.42. The summed E-state index contributed by atoms with van der Waals surface area (Å²) in [6, 6.07) is 5.05. The molecule has 1 aromatic carbocycles. The Labute approximate surface area is 103 Å². The molecule has 2 aromatic rings. The molecule has 94 valence electrons. The van der Waals surface area contributed by atoms with E-state index in [1.807, 2.05) is 0 Å². The second-order valence-corrected chi connectivity index (χ2v) is 4.03. The number of aromatic nitrogens is 1. The minimum absolute atomic E-state index is 0.0657. The Balaban J connectivity index is 2.04. The maximum absolute atomic E-state index is 11.6. The van der Waals surface area contributed by atoms with Crippen LogP contribution >= 0.6 is 0 Å². The number of oxazole rings is 1. The number of amides is 1. The molecule has 1 aromatic heterocycles. The standard InChI is InChI=1S/C12H12N2O4/c1-7(12(16)17)4-11(15)14-8-2-3-9-10(5-8)18-6-13-9/h2-3,5-7H,4H2,1H3,(H,14,15)(H,16,17). The van der Waals surface area contributed by atoms with Gasteiger partial charge < -0.3 is 14.8 Å². The molecule has 0 aliphatic rings. The maximum Gasteiger partial charge on any atom is 0.306 e. The van der Waals surface area contributed by atoms with Crippen LogP contribution < -0.4 is 5.32 Å². The van der Waals surface area contributed by atoms with E-state index in [1.54, 1.807) is 18.2 Å². The van der Waals surface area contributed by atoms with E-state index in [4.69, 9.17) is 9.52 Å². The molecule has 2 rings (SSSR count). The van der Waals surface area contributed by atoms with Crippen molar-refractivity contribution >= 4 is 28.7 Å². The molecule has 0 saturated carbocycles. The Morgan fingerprint density at radius 2 is 2.28 bits per heavy atom. The van der Waals surface area contributed by atoms with Crippen molar-refractivity contribution in [2.45, 2.75) is 13.3 Å². The Hall–Kier alpha value is -2.37. The normalized spacial score (nSPS) is 12.3. The van der Waals surface area contributed by atoms with Crippen molar-refractivity contribution in [1.82, 2.24) is 4.98 Å². The number of carbonyl (C=O) groups excluding carboxylic acids is 1. The van der Waals surface area contributed by atoms with E-state index in [0.29, 0.717) is 16.8 Å². The zero-order valence-electron chi connectivity index (χ0n) is 9.71. The van der Waals surface area contributed by atoms with Crippen LogP contribution in [0.25, 0.3) is 11.1 Å². The molecule has 0 fully saturated rings. The van der Waals surface area contributed by atoms with Crippen LogP contribution in [0, 0.1) is 5.92 Å². The highest BCUT2D eigenvalue weighted by molar-refractivity contribution is 5.94. The fraction of sp³-hybridized carbons (Fsp3) is 0.250. The lowest BCUT2D eigenvalue weighted by Crippen LogP contribution is -2.19. The summed E-state index contributed by atoms with van der Waals surface area (Å²) >= 11 is 0. The number of anilines is 1. The molecule has 0 spiro atoms. The zero-order valence-corrected chi connectivity index (χ0v) is 9.71. The minimum Gasteiger partial charge on any atom is -0.481 e. The van der Waals surface area contributed by atoms with Gasteiger partial charge in [0.05, 0.1) is 5.92 Å². The van der Waals surface area contributed by atoms with Gasteiger partial charge in [-0.05, 0) is 12.1 Å². The molecule has 1 heterocycles. The van der Waals surface area contributed by atoms with Gasteiger partial charge in [0.1, 0.15) is 5.52 Å². The van der Waals surface area contributed by atoms with Crippen molar-refractivity contribution in [2.75, 3.05) is 5.32 Å². The smallest absolute Gasteiger partial charge is 0.306 e. The van der Waals surface area contributed by atoms with Gasteiger partial charge in [0.15, 0.2) is 12.0 Å². The van der Waals surface area contributed by atoms with Gasteiger partial charge in [0, 0.05) is 18.2 Å². The molecule has 0 aliphatic carbocycles. The van der Waals surface area contributed by atoms with Crippen molar-refractivity contribution in [3.8, 4) is 0 Å². The molecule has 0 aliphatic heterocycles.